The van der Waals surface area contributed by atoms with Gasteiger partial charge in [0.2, 0.25) is 10.0 Å². The number of thioether (sulfide) groups is 1. The third-order valence-electron chi connectivity index (χ3n) is 2.81. The van der Waals surface area contributed by atoms with Crippen LogP contribution in [-0.4, -0.2) is 51.2 Å². The first-order valence-corrected chi connectivity index (χ1v) is 9.01. The van der Waals surface area contributed by atoms with Gasteiger partial charge >= 0.3 is 0 Å². The van der Waals surface area contributed by atoms with Gasteiger partial charge < -0.3 is 10.5 Å². The first-order valence-electron chi connectivity index (χ1n) is 6.37. The molecule has 1 saturated heterocycles. The van der Waals surface area contributed by atoms with Crippen molar-refractivity contribution < 1.29 is 13.2 Å². The number of anilines is 1. The minimum atomic E-state index is -3.31. The molecule has 0 saturated carbocycles. The smallest absolute Gasteiger partial charge is 0.225 e. The second-order valence-corrected chi connectivity index (χ2v) is 7.35. The molecule has 1 aromatic rings. The number of nitrogens with one attached hydrogen (secondary N) is 1. The van der Waals surface area contributed by atoms with Crippen LogP contribution >= 0.6 is 11.8 Å². The molecule has 2 rings (SSSR count). The highest BCUT2D eigenvalue weighted by atomic mass is 32.2. The van der Waals surface area contributed by atoms with E-state index in [1.165, 1.54) is 11.8 Å². The number of ether oxygens (including phenoxy) is 1. The molecule has 112 valence electrons. The summed E-state index contributed by atoms with van der Waals surface area (Å²) < 4.78 is 29.0. The Labute approximate surface area is 123 Å². The zero-order valence-electron chi connectivity index (χ0n) is 11.1. The van der Waals surface area contributed by atoms with E-state index in [1.807, 2.05) is 24.3 Å². The van der Waals surface area contributed by atoms with Crippen LogP contribution in [0.3, 0.4) is 0 Å². The molecule has 20 heavy (non-hydrogen) atoms. The summed E-state index contributed by atoms with van der Waals surface area (Å²) in [5, 5.41) is 1.68. The van der Waals surface area contributed by atoms with E-state index in [0.29, 0.717) is 37.7 Å². The highest BCUT2D eigenvalue weighted by Gasteiger charge is 2.17. The summed E-state index contributed by atoms with van der Waals surface area (Å²) in [5.41, 5.74) is 6.49. The molecule has 0 atom stereocenters. The van der Waals surface area contributed by atoms with Crippen LogP contribution in [0.1, 0.15) is 0 Å². The van der Waals surface area contributed by atoms with Gasteiger partial charge in [-0.3, -0.25) is 0 Å². The lowest BCUT2D eigenvalue weighted by atomic mass is 10.3. The summed E-state index contributed by atoms with van der Waals surface area (Å²) in [7, 11) is -3.31. The molecule has 0 radical (unpaired) electrons. The summed E-state index contributed by atoms with van der Waals surface area (Å²) in [4.78, 5) is 3.49. The number of sulfonamides is 1. The fraction of sp³-hybridized carbons (Fsp3) is 0.500. The van der Waals surface area contributed by atoms with Gasteiger partial charge in [0.25, 0.3) is 0 Å². The number of morpholine rings is 1. The van der Waals surface area contributed by atoms with Crippen molar-refractivity contribution in [2.24, 2.45) is 0 Å². The molecule has 0 aliphatic carbocycles. The largest absolute Gasteiger partial charge is 0.398 e. The Morgan fingerprint density at radius 3 is 2.70 bits per heavy atom. The van der Waals surface area contributed by atoms with E-state index in [2.05, 4.69) is 4.83 Å². The number of nitrogen functional groups attached to an aromatic ring is 1. The van der Waals surface area contributed by atoms with Crippen molar-refractivity contribution in [3.8, 4) is 0 Å². The van der Waals surface area contributed by atoms with Crippen LogP contribution in [0.4, 0.5) is 5.69 Å². The fourth-order valence-corrected chi connectivity index (χ4v) is 4.28. The molecule has 1 fully saturated rings. The highest BCUT2D eigenvalue weighted by molar-refractivity contribution is 8.00. The molecule has 0 aromatic heterocycles. The van der Waals surface area contributed by atoms with E-state index in [0.717, 1.165) is 4.90 Å². The van der Waals surface area contributed by atoms with Crippen LogP contribution in [0.5, 0.6) is 0 Å². The molecule has 1 aromatic carbocycles. The first-order chi connectivity index (χ1) is 9.57. The molecule has 1 aliphatic heterocycles. The molecule has 6 nitrogen and oxygen atoms in total. The Balaban J connectivity index is 1.79. The maximum atomic E-state index is 11.9. The van der Waals surface area contributed by atoms with Crippen LogP contribution in [0.25, 0.3) is 0 Å². The Kier molecular flexibility index (Phi) is 5.67. The normalized spacial score (nSPS) is 17.2. The molecule has 0 unspecified atom stereocenters. The summed E-state index contributed by atoms with van der Waals surface area (Å²) in [6.45, 7) is 2.27. The number of rotatable bonds is 6. The zero-order valence-corrected chi connectivity index (χ0v) is 12.8. The van der Waals surface area contributed by atoms with E-state index in [4.69, 9.17) is 10.5 Å². The van der Waals surface area contributed by atoms with E-state index in [1.54, 1.807) is 5.01 Å². The number of hydrogen-bond donors (Lipinski definition) is 2. The summed E-state index contributed by atoms with van der Waals surface area (Å²) >= 11 is 1.45. The van der Waals surface area contributed by atoms with Crippen molar-refractivity contribution in [3.63, 3.8) is 0 Å². The molecule has 1 aliphatic rings. The van der Waals surface area contributed by atoms with Crippen LogP contribution in [0.15, 0.2) is 29.2 Å². The van der Waals surface area contributed by atoms with Crippen LogP contribution in [0, 0.1) is 0 Å². The molecule has 3 N–H and O–H groups in total. The van der Waals surface area contributed by atoms with Crippen LogP contribution < -0.4 is 10.6 Å². The van der Waals surface area contributed by atoms with Gasteiger partial charge in [0.05, 0.1) is 19.0 Å². The molecule has 1 heterocycles. The lowest BCUT2D eigenvalue weighted by molar-refractivity contribution is 0.0272. The van der Waals surface area contributed by atoms with Gasteiger partial charge in [-0.15, -0.1) is 16.6 Å². The molecule has 8 heteroatoms. The van der Waals surface area contributed by atoms with E-state index in [-0.39, 0.29) is 5.75 Å². The topological polar surface area (TPSA) is 84.7 Å². The third-order valence-corrected chi connectivity index (χ3v) is 5.44. The highest BCUT2D eigenvalue weighted by Crippen LogP contribution is 2.24. The third kappa shape index (κ3) is 4.95. The van der Waals surface area contributed by atoms with Gasteiger partial charge in [0, 0.05) is 29.4 Å². The van der Waals surface area contributed by atoms with Crippen molar-refractivity contribution in [2.45, 2.75) is 4.90 Å². The molecular weight excluding hydrogens is 298 g/mol. The summed E-state index contributed by atoms with van der Waals surface area (Å²) in [5.74, 6) is 0.525. The number of benzene rings is 1. The lowest BCUT2D eigenvalue weighted by Gasteiger charge is -2.26. The van der Waals surface area contributed by atoms with Gasteiger partial charge in [0.1, 0.15) is 0 Å². The molecule has 0 spiro atoms. The van der Waals surface area contributed by atoms with Gasteiger partial charge in [0.15, 0.2) is 0 Å². The molecule has 0 bridgehead atoms. The Bertz CT molecular complexity index is 531. The fourth-order valence-electron chi connectivity index (χ4n) is 1.77. The van der Waals surface area contributed by atoms with Gasteiger partial charge in [-0.2, -0.15) is 0 Å². The van der Waals surface area contributed by atoms with E-state index < -0.39 is 10.0 Å². The Hall–Kier alpha value is -0.800. The molecule has 0 amide bonds. The zero-order chi connectivity index (χ0) is 14.4. The minimum absolute atomic E-state index is 0.0589. The summed E-state index contributed by atoms with van der Waals surface area (Å²) in [6.07, 6.45) is 0. The second-order valence-electron chi connectivity index (χ2n) is 4.40. The van der Waals surface area contributed by atoms with Crippen LogP contribution in [-0.2, 0) is 14.8 Å². The maximum Gasteiger partial charge on any atom is 0.225 e. The van der Waals surface area contributed by atoms with Gasteiger partial charge in [-0.05, 0) is 12.1 Å². The Morgan fingerprint density at radius 1 is 1.30 bits per heavy atom. The average molecular weight is 317 g/mol. The predicted molar refractivity (Wildman–Crippen MR) is 80.9 cm³/mol. The average Bonchev–Trinajstić information content (AvgIpc) is 2.41. The van der Waals surface area contributed by atoms with Crippen molar-refractivity contribution >= 4 is 27.5 Å². The number of hydrazine groups is 1. The monoisotopic (exact) mass is 317 g/mol. The number of nitrogens with zero attached hydrogens (tertiary/aromatic N) is 1. The predicted octanol–water partition coefficient (Wildman–Crippen LogP) is 0.527. The number of nitrogens with two attached hydrogens (primary N) is 1. The minimum Gasteiger partial charge on any atom is -0.398 e. The first kappa shape index (κ1) is 15.6. The van der Waals surface area contributed by atoms with Crippen molar-refractivity contribution in [1.82, 2.24) is 9.84 Å². The van der Waals surface area contributed by atoms with Crippen molar-refractivity contribution in [1.29, 1.82) is 0 Å². The van der Waals surface area contributed by atoms with Crippen LogP contribution in [0.2, 0.25) is 0 Å². The summed E-state index contributed by atoms with van der Waals surface area (Å²) in [6, 6.07) is 7.44. The van der Waals surface area contributed by atoms with E-state index in [9.17, 15) is 8.42 Å². The van der Waals surface area contributed by atoms with Crippen molar-refractivity contribution in [2.75, 3.05) is 43.5 Å². The van der Waals surface area contributed by atoms with Gasteiger partial charge in [-0.1, -0.05) is 12.1 Å². The number of para-hydroxylation sites is 1. The van der Waals surface area contributed by atoms with Gasteiger partial charge in [-0.25, -0.2) is 13.4 Å². The standard InChI is InChI=1S/C12H19N3O3S2/c13-11-3-1-2-4-12(11)19-9-10-20(16,17)14-15-5-7-18-8-6-15/h1-4,14H,5-10,13H2. The number of hydrogen-bond acceptors (Lipinski definition) is 6. The van der Waals surface area contributed by atoms with Crippen molar-refractivity contribution in [3.05, 3.63) is 24.3 Å². The van der Waals surface area contributed by atoms with E-state index >= 15 is 0 Å². The SMILES string of the molecule is Nc1ccccc1SCCS(=O)(=O)NN1CCOCC1. The molecular formula is C12H19N3O3S2. The second kappa shape index (κ2) is 7.28. The maximum absolute atomic E-state index is 11.9. The lowest BCUT2D eigenvalue weighted by Crippen LogP contribution is -2.49. The quantitative estimate of drug-likeness (QED) is 0.588. The Morgan fingerprint density at radius 2 is 2.00 bits per heavy atom.